The standard InChI is InChI=1S/C25H26ClF2N3O3/c1-11-5-15(17(10-29-11)12(2)32)25(34)31-21-6-14(21)7-22(31)24(33)30-23(13-3-4-13)16-8-20(28)18(26)9-19(16)27/h5,8-10,12-14,21-23,32H,3-4,6-7H2,1-2H3,(H,30,33)/t12?,14-,21-,22-,23?/m1/s1. The largest absolute Gasteiger partial charge is 0.389 e. The second-order valence-electron chi connectivity index (χ2n) is 9.73. The predicted octanol–water partition coefficient (Wildman–Crippen LogP) is 4.25. The highest BCUT2D eigenvalue weighted by atomic mass is 35.5. The van der Waals surface area contributed by atoms with Crippen molar-refractivity contribution in [2.75, 3.05) is 0 Å². The van der Waals surface area contributed by atoms with Gasteiger partial charge in [0.2, 0.25) is 5.91 Å². The number of fused-ring (bicyclic) bond motifs is 1. The van der Waals surface area contributed by atoms with Crippen LogP contribution in [0.15, 0.2) is 24.4 Å². The van der Waals surface area contributed by atoms with Crippen LogP contribution in [0.1, 0.15) is 71.9 Å². The van der Waals surface area contributed by atoms with Crippen LogP contribution in [0.4, 0.5) is 8.78 Å². The minimum Gasteiger partial charge on any atom is -0.389 e. The number of rotatable bonds is 6. The van der Waals surface area contributed by atoms with Gasteiger partial charge >= 0.3 is 0 Å². The molecule has 2 saturated carbocycles. The number of likely N-dealkylation sites (tertiary alicyclic amines) is 1. The molecule has 5 atom stereocenters. The van der Waals surface area contributed by atoms with Gasteiger partial charge in [-0.25, -0.2) is 8.78 Å². The first-order valence-corrected chi connectivity index (χ1v) is 12.0. The molecule has 3 aliphatic rings. The smallest absolute Gasteiger partial charge is 0.255 e. The summed E-state index contributed by atoms with van der Waals surface area (Å²) in [6.45, 7) is 3.33. The molecule has 2 heterocycles. The van der Waals surface area contributed by atoms with Crippen molar-refractivity contribution in [2.45, 2.75) is 63.8 Å². The number of aliphatic hydroxyl groups excluding tert-OH is 1. The fourth-order valence-corrected chi connectivity index (χ4v) is 5.27. The molecule has 180 valence electrons. The van der Waals surface area contributed by atoms with Gasteiger partial charge in [0.25, 0.3) is 5.91 Å². The molecule has 1 aromatic carbocycles. The minimum atomic E-state index is -0.890. The second-order valence-corrected chi connectivity index (χ2v) is 10.1. The van der Waals surface area contributed by atoms with Gasteiger partial charge in [0.05, 0.1) is 17.2 Å². The Hall–Kier alpha value is -2.58. The van der Waals surface area contributed by atoms with Gasteiger partial charge < -0.3 is 15.3 Å². The molecule has 1 aromatic heterocycles. The molecule has 0 bridgehead atoms. The van der Waals surface area contributed by atoms with Gasteiger partial charge in [0.15, 0.2) is 0 Å². The molecule has 2 aromatic rings. The summed E-state index contributed by atoms with van der Waals surface area (Å²) in [5, 5.41) is 12.8. The molecule has 6 nitrogen and oxygen atoms in total. The quantitative estimate of drug-likeness (QED) is 0.594. The lowest BCUT2D eigenvalue weighted by molar-refractivity contribution is -0.126. The van der Waals surface area contributed by atoms with Crippen LogP contribution < -0.4 is 5.32 Å². The zero-order valence-corrected chi connectivity index (χ0v) is 19.6. The van der Waals surface area contributed by atoms with Gasteiger partial charge in [-0.15, -0.1) is 0 Å². The Balaban J connectivity index is 1.41. The molecule has 0 spiro atoms. The highest BCUT2D eigenvalue weighted by molar-refractivity contribution is 6.30. The Bertz CT molecular complexity index is 1170. The van der Waals surface area contributed by atoms with Crippen LogP contribution in [-0.4, -0.2) is 38.9 Å². The average Bonchev–Trinajstić information content (AvgIpc) is 3.72. The molecule has 1 saturated heterocycles. The van der Waals surface area contributed by atoms with E-state index in [-0.39, 0.29) is 40.3 Å². The predicted molar refractivity (Wildman–Crippen MR) is 121 cm³/mol. The van der Waals surface area contributed by atoms with E-state index in [1.54, 1.807) is 24.8 Å². The third-order valence-corrected chi connectivity index (χ3v) is 7.45. The molecule has 34 heavy (non-hydrogen) atoms. The SMILES string of the molecule is Cc1cc(C(=O)N2[C@@H](C(=O)NC(c3cc(F)c(Cl)cc3F)C3CC3)C[C@H]3C[C@H]32)c(C(C)O)cn1. The van der Waals surface area contributed by atoms with E-state index in [2.05, 4.69) is 10.3 Å². The number of aryl methyl sites for hydroxylation is 1. The maximum absolute atomic E-state index is 14.7. The molecule has 2 amide bonds. The summed E-state index contributed by atoms with van der Waals surface area (Å²) >= 11 is 5.71. The Morgan fingerprint density at radius 3 is 2.59 bits per heavy atom. The van der Waals surface area contributed by atoms with Crippen molar-refractivity contribution in [3.05, 3.63) is 63.4 Å². The van der Waals surface area contributed by atoms with Gasteiger partial charge in [-0.3, -0.25) is 14.6 Å². The first-order chi connectivity index (χ1) is 16.2. The van der Waals surface area contributed by atoms with Crippen LogP contribution in [0, 0.1) is 30.4 Å². The van der Waals surface area contributed by atoms with Crippen molar-refractivity contribution in [1.82, 2.24) is 15.2 Å². The van der Waals surface area contributed by atoms with E-state index in [9.17, 15) is 23.5 Å². The summed E-state index contributed by atoms with van der Waals surface area (Å²) in [5.41, 5.74) is 1.44. The van der Waals surface area contributed by atoms with Crippen LogP contribution >= 0.6 is 11.6 Å². The van der Waals surface area contributed by atoms with Gasteiger partial charge in [0.1, 0.15) is 17.7 Å². The third kappa shape index (κ3) is 4.18. The van der Waals surface area contributed by atoms with Crippen LogP contribution in [0.5, 0.6) is 0 Å². The van der Waals surface area contributed by atoms with E-state index in [0.29, 0.717) is 23.2 Å². The summed E-state index contributed by atoms with van der Waals surface area (Å²) in [4.78, 5) is 32.8. The first kappa shape index (κ1) is 23.2. The first-order valence-electron chi connectivity index (χ1n) is 11.6. The van der Waals surface area contributed by atoms with Crippen molar-refractivity contribution >= 4 is 23.4 Å². The van der Waals surface area contributed by atoms with E-state index in [1.165, 1.54) is 6.20 Å². The van der Waals surface area contributed by atoms with E-state index < -0.39 is 29.8 Å². The molecule has 1 aliphatic heterocycles. The lowest BCUT2D eigenvalue weighted by atomic mass is 9.99. The van der Waals surface area contributed by atoms with E-state index in [0.717, 1.165) is 31.4 Å². The van der Waals surface area contributed by atoms with Crippen molar-refractivity contribution in [1.29, 1.82) is 0 Å². The summed E-state index contributed by atoms with van der Waals surface area (Å²) in [5.74, 6) is -1.87. The summed E-state index contributed by atoms with van der Waals surface area (Å²) in [7, 11) is 0. The number of carbonyl (C=O) groups excluding carboxylic acids is 2. The number of amides is 2. The number of hydrogen-bond donors (Lipinski definition) is 2. The highest BCUT2D eigenvalue weighted by Gasteiger charge is 2.56. The maximum Gasteiger partial charge on any atom is 0.255 e. The van der Waals surface area contributed by atoms with E-state index >= 15 is 0 Å². The van der Waals surface area contributed by atoms with Crippen molar-refractivity contribution in [3.63, 3.8) is 0 Å². The molecule has 0 radical (unpaired) electrons. The summed E-state index contributed by atoms with van der Waals surface area (Å²) in [6.07, 6.45) is 3.53. The Morgan fingerprint density at radius 1 is 1.18 bits per heavy atom. The number of benzene rings is 1. The summed E-state index contributed by atoms with van der Waals surface area (Å²) in [6, 6.07) is 2.16. The fourth-order valence-electron chi connectivity index (χ4n) is 5.12. The molecule has 3 fully saturated rings. The Labute approximate surface area is 201 Å². The molecule has 9 heteroatoms. The van der Waals surface area contributed by atoms with Crippen molar-refractivity contribution < 1.29 is 23.5 Å². The number of aliphatic hydroxyl groups is 1. The molecular formula is C25H26ClF2N3O3. The molecule has 2 unspecified atom stereocenters. The van der Waals surface area contributed by atoms with Crippen LogP contribution in [0.2, 0.25) is 5.02 Å². The Morgan fingerprint density at radius 2 is 1.91 bits per heavy atom. The number of nitrogens with zero attached hydrogens (tertiary/aromatic N) is 2. The zero-order chi connectivity index (χ0) is 24.3. The lowest BCUT2D eigenvalue weighted by Gasteiger charge is -2.30. The Kier molecular flexibility index (Phi) is 5.84. The number of halogens is 3. The number of aromatic nitrogens is 1. The number of hydrogen-bond acceptors (Lipinski definition) is 4. The van der Waals surface area contributed by atoms with Gasteiger partial charge in [-0.05, 0) is 69.6 Å². The van der Waals surface area contributed by atoms with Gasteiger partial charge in [0, 0.05) is 34.6 Å². The van der Waals surface area contributed by atoms with Gasteiger partial charge in [-0.2, -0.15) is 0 Å². The number of pyridine rings is 1. The van der Waals surface area contributed by atoms with Crippen LogP contribution in [0.3, 0.4) is 0 Å². The number of carbonyl (C=O) groups is 2. The van der Waals surface area contributed by atoms with E-state index in [4.69, 9.17) is 11.6 Å². The zero-order valence-electron chi connectivity index (χ0n) is 18.9. The number of nitrogens with one attached hydrogen (secondary N) is 1. The van der Waals surface area contributed by atoms with Gasteiger partial charge in [-0.1, -0.05) is 11.6 Å². The minimum absolute atomic E-state index is 0.00352. The van der Waals surface area contributed by atoms with Crippen molar-refractivity contribution in [2.24, 2.45) is 11.8 Å². The van der Waals surface area contributed by atoms with Crippen LogP contribution in [0.25, 0.3) is 0 Å². The summed E-state index contributed by atoms with van der Waals surface area (Å²) < 4.78 is 28.8. The van der Waals surface area contributed by atoms with E-state index in [1.807, 2.05) is 0 Å². The molecule has 2 aliphatic carbocycles. The fraction of sp³-hybridized carbons (Fsp3) is 0.480. The molecular weight excluding hydrogens is 464 g/mol. The van der Waals surface area contributed by atoms with Crippen LogP contribution in [-0.2, 0) is 4.79 Å². The van der Waals surface area contributed by atoms with Crippen molar-refractivity contribution in [3.8, 4) is 0 Å². The average molecular weight is 490 g/mol. The lowest BCUT2D eigenvalue weighted by Crippen LogP contribution is -2.49. The monoisotopic (exact) mass is 489 g/mol. The number of piperidine rings is 1. The third-order valence-electron chi connectivity index (χ3n) is 7.16. The topological polar surface area (TPSA) is 82.5 Å². The maximum atomic E-state index is 14.7. The second kappa shape index (κ2) is 8.57. The normalized spacial score (nSPS) is 25.0. The highest BCUT2D eigenvalue weighted by Crippen LogP contribution is 2.49. The molecule has 5 rings (SSSR count). The molecule has 2 N–H and O–H groups in total.